The molecule has 0 amide bonds. The minimum Gasteiger partial charge on any atom is -0.349 e. The first-order valence-electron chi connectivity index (χ1n) is 6.60. The summed E-state index contributed by atoms with van der Waals surface area (Å²) >= 11 is 1.65. The van der Waals surface area contributed by atoms with Crippen molar-refractivity contribution >= 4 is 22.7 Å². The van der Waals surface area contributed by atoms with Crippen LogP contribution in [-0.4, -0.2) is 9.97 Å². The van der Waals surface area contributed by atoms with Gasteiger partial charge in [0, 0.05) is 28.7 Å². The molecule has 0 radical (unpaired) electrons. The van der Waals surface area contributed by atoms with E-state index in [0.29, 0.717) is 6.54 Å². The fourth-order valence-electron chi connectivity index (χ4n) is 2.37. The predicted octanol–water partition coefficient (Wildman–Crippen LogP) is 3.79. The normalized spacial score (nSPS) is 11.2. The third kappa shape index (κ3) is 2.44. The number of para-hydroxylation sites is 1. The maximum absolute atomic E-state index is 5.87. The van der Waals surface area contributed by atoms with E-state index in [1.54, 1.807) is 11.8 Å². The van der Waals surface area contributed by atoms with E-state index in [0.717, 1.165) is 26.8 Å². The second-order valence-corrected chi connectivity index (χ2v) is 5.92. The number of pyridine rings is 1. The number of hydrogen-bond donors (Lipinski definition) is 2. The summed E-state index contributed by atoms with van der Waals surface area (Å²) in [5.74, 6) is 0. The molecular weight excluding hydrogens is 266 g/mol. The molecule has 3 rings (SSSR count). The summed E-state index contributed by atoms with van der Waals surface area (Å²) in [5, 5.41) is 3.31. The lowest BCUT2D eigenvalue weighted by molar-refractivity contribution is 0.921. The third-order valence-electron chi connectivity index (χ3n) is 3.35. The van der Waals surface area contributed by atoms with Crippen LogP contribution in [0.1, 0.15) is 16.8 Å². The van der Waals surface area contributed by atoms with Gasteiger partial charge in [-0.25, -0.2) is 4.98 Å². The highest BCUT2D eigenvalue weighted by Gasteiger charge is 2.10. The van der Waals surface area contributed by atoms with Crippen molar-refractivity contribution in [3.63, 3.8) is 0 Å². The molecule has 3 nitrogen and oxygen atoms in total. The summed E-state index contributed by atoms with van der Waals surface area (Å²) in [5.41, 5.74) is 10.4. The van der Waals surface area contributed by atoms with E-state index in [9.17, 15) is 0 Å². The Labute approximate surface area is 122 Å². The molecule has 0 atom stereocenters. The molecule has 0 spiro atoms. The lowest BCUT2D eigenvalue weighted by Gasteiger charge is -2.10. The Kier molecular flexibility index (Phi) is 3.51. The fourth-order valence-corrected chi connectivity index (χ4v) is 3.48. The number of H-pyrrole nitrogens is 1. The largest absolute Gasteiger partial charge is 0.349 e. The SMILES string of the molecule is Cc1cc(C)c(CN)c(Sc2cc3ccccc3[nH]2)n1. The van der Waals surface area contributed by atoms with Crippen molar-refractivity contribution in [1.82, 2.24) is 9.97 Å². The minimum absolute atomic E-state index is 0.516. The maximum atomic E-state index is 5.87. The van der Waals surface area contributed by atoms with Crippen LogP contribution in [0.15, 0.2) is 46.5 Å². The molecule has 102 valence electrons. The molecule has 0 unspecified atom stereocenters. The van der Waals surface area contributed by atoms with Crippen molar-refractivity contribution in [1.29, 1.82) is 0 Å². The molecule has 0 aliphatic rings. The number of fused-ring (bicyclic) bond motifs is 1. The van der Waals surface area contributed by atoms with Crippen LogP contribution in [0.2, 0.25) is 0 Å². The zero-order valence-corrected chi connectivity index (χ0v) is 12.4. The number of hydrogen-bond acceptors (Lipinski definition) is 3. The predicted molar refractivity (Wildman–Crippen MR) is 84.0 cm³/mol. The van der Waals surface area contributed by atoms with Gasteiger partial charge < -0.3 is 10.7 Å². The smallest absolute Gasteiger partial charge is 0.107 e. The van der Waals surface area contributed by atoms with Crippen LogP contribution >= 0.6 is 11.8 Å². The summed E-state index contributed by atoms with van der Waals surface area (Å²) in [7, 11) is 0. The van der Waals surface area contributed by atoms with Gasteiger partial charge in [0.1, 0.15) is 5.03 Å². The first-order chi connectivity index (χ1) is 9.67. The highest BCUT2D eigenvalue weighted by Crippen LogP contribution is 2.32. The number of nitrogens with two attached hydrogens (primary N) is 1. The molecule has 0 bridgehead atoms. The van der Waals surface area contributed by atoms with E-state index < -0.39 is 0 Å². The highest BCUT2D eigenvalue weighted by molar-refractivity contribution is 7.99. The van der Waals surface area contributed by atoms with Gasteiger partial charge in [0.25, 0.3) is 0 Å². The Morgan fingerprint density at radius 3 is 2.75 bits per heavy atom. The molecule has 0 aliphatic heterocycles. The van der Waals surface area contributed by atoms with Gasteiger partial charge in [-0.05, 0) is 37.6 Å². The average Bonchev–Trinajstić information content (AvgIpc) is 2.80. The van der Waals surface area contributed by atoms with Gasteiger partial charge in [-0.3, -0.25) is 0 Å². The Morgan fingerprint density at radius 1 is 1.20 bits per heavy atom. The summed E-state index contributed by atoms with van der Waals surface area (Å²) in [6, 6.07) is 12.5. The van der Waals surface area contributed by atoms with Crippen molar-refractivity contribution in [2.45, 2.75) is 30.4 Å². The van der Waals surface area contributed by atoms with Crippen molar-refractivity contribution in [3.05, 3.63) is 53.2 Å². The van der Waals surface area contributed by atoms with Gasteiger partial charge in [-0.15, -0.1) is 0 Å². The number of aromatic amines is 1. The molecule has 0 saturated carbocycles. The number of benzene rings is 1. The zero-order valence-electron chi connectivity index (χ0n) is 11.6. The highest BCUT2D eigenvalue weighted by atomic mass is 32.2. The number of nitrogens with one attached hydrogen (secondary N) is 1. The summed E-state index contributed by atoms with van der Waals surface area (Å²) < 4.78 is 0. The molecule has 4 heteroatoms. The zero-order chi connectivity index (χ0) is 14.1. The van der Waals surface area contributed by atoms with Crippen LogP contribution in [0.5, 0.6) is 0 Å². The first-order valence-corrected chi connectivity index (χ1v) is 7.42. The van der Waals surface area contributed by atoms with E-state index in [1.807, 2.05) is 19.1 Å². The monoisotopic (exact) mass is 283 g/mol. The van der Waals surface area contributed by atoms with E-state index in [1.165, 1.54) is 10.9 Å². The topological polar surface area (TPSA) is 54.7 Å². The average molecular weight is 283 g/mol. The maximum Gasteiger partial charge on any atom is 0.107 e. The number of nitrogens with zero attached hydrogens (tertiary/aromatic N) is 1. The van der Waals surface area contributed by atoms with Gasteiger partial charge >= 0.3 is 0 Å². The third-order valence-corrected chi connectivity index (χ3v) is 4.32. The number of aromatic nitrogens is 2. The Hall–Kier alpha value is -1.78. The molecule has 1 aromatic carbocycles. The quantitative estimate of drug-likeness (QED) is 0.769. The van der Waals surface area contributed by atoms with Crippen LogP contribution in [-0.2, 0) is 6.54 Å². The van der Waals surface area contributed by atoms with E-state index in [-0.39, 0.29) is 0 Å². The number of rotatable bonds is 3. The molecule has 0 fully saturated rings. The minimum atomic E-state index is 0.516. The second-order valence-electron chi connectivity index (χ2n) is 4.89. The van der Waals surface area contributed by atoms with Crippen LogP contribution in [0.25, 0.3) is 10.9 Å². The van der Waals surface area contributed by atoms with Gasteiger partial charge in [0.2, 0.25) is 0 Å². The van der Waals surface area contributed by atoms with E-state index in [4.69, 9.17) is 5.73 Å². The summed E-state index contributed by atoms with van der Waals surface area (Å²) in [6.45, 7) is 4.62. The van der Waals surface area contributed by atoms with Crippen molar-refractivity contribution in [2.24, 2.45) is 5.73 Å². The molecular formula is C16H17N3S. The fraction of sp³-hybridized carbons (Fsp3) is 0.188. The van der Waals surface area contributed by atoms with Crippen molar-refractivity contribution in [3.8, 4) is 0 Å². The van der Waals surface area contributed by atoms with Crippen LogP contribution < -0.4 is 5.73 Å². The Balaban J connectivity index is 2.02. The molecule has 3 aromatic rings. The number of aryl methyl sites for hydroxylation is 2. The van der Waals surface area contributed by atoms with Crippen LogP contribution in [0.3, 0.4) is 0 Å². The molecule has 2 aromatic heterocycles. The summed E-state index contributed by atoms with van der Waals surface area (Å²) in [4.78, 5) is 8.05. The second kappa shape index (κ2) is 5.31. The lowest BCUT2D eigenvalue weighted by atomic mass is 10.1. The van der Waals surface area contributed by atoms with Crippen LogP contribution in [0, 0.1) is 13.8 Å². The van der Waals surface area contributed by atoms with E-state index >= 15 is 0 Å². The van der Waals surface area contributed by atoms with Gasteiger partial charge in [-0.1, -0.05) is 30.0 Å². The van der Waals surface area contributed by atoms with E-state index in [2.05, 4.69) is 41.2 Å². The van der Waals surface area contributed by atoms with Gasteiger partial charge in [0.05, 0.1) is 5.03 Å². The standard InChI is InChI=1S/C16H17N3S/c1-10-7-11(2)18-16(13(10)9-17)20-15-8-12-5-3-4-6-14(12)19-15/h3-8,19H,9,17H2,1-2H3. The van der Waals surface area contributed by atoms with Gasteiger partial charge in [-0.2, -0.15) is 0 Å². The lowest BCUT2D eigenvalue weighted by Crippen LogP contribution is -2.04. The first kappa shape index (κ1) is 13.2. The molecule has 2 heterocycles. The van der Waals surface area contributed by atoms with Crippen LogP contribution in [0.4, 0.5) is 0 Å². The summed E-state index contributed by atoms with van der Waals surface area (Å²) in [6.07, 6.45) is 0. The Morgan fingerprint density at radius 2 is 2.00 bits per heavy atom. The van der Waals surface area contributed by atoms with Crippen molar-refractivity contribution in [2.75, 3.05) is 0 Å². The molecule has 0 saturated heterocycles. The molecule has 3 N–H and O–H groups in total. The molecule has 0 aliphatic carbocycles. The van der Waals surface area contributed by atoms with Gasteiger partial charge in [0.15, 0.2) is 0 Å². The molecule has 20 heavy (non-hydrogen) atoms. The van der Waals surface area contributed by atoms with Crippen molar-refractivity contribution < 1.29 is 0 Å². The Bertz CT molecular complexity index is 729.